The molecule has 2 aromatic carbocycles. The SMILES string of the molecule is COC(=O)/C=C/C[C@@H](OS(=O)(=O)c1ccc(C)cc1)[C@H](C)[C@@H](O)[C@H](O[Si](C)(C)C(C)(C)C)c1ccccc1. The summed E-state index contributed by atoms with van der Waals surface area (Å²) in [7, 11) is -5.23. The highest BCUT2D eigenvalue weighted by atomic mass is 32.2. The van der Waals surface area contributed by atoms with Crippen molar-refractivity contribution in [3.8, 4) is 0 Å². The number of benzene rings is 2. The fourth-order valence-electron chi connectivity index (χ4n) is 3.60. The zero-order chi connectivity index (χ0) is 28.7. The van der Waals surface area contributed by atoms with E-state index in [4.69, 9.17) is 8.61 Å². The minimum Gasteiger partial charge on any atom is -0.466 e. The lowest BCUT2D eigenvalue weighted by Crippen LogP contribution is -2.46. The second-order valence-electron chi connectivity index (χ2n) is 11.1. The highest BCUT2D eigenvalue weighted by Crippen LogP contribution is 2.42. The van der Waals surface area contributed by atoms with E-state index in [9.17, 15) is 18.3 Å². The van der Waals surface area contributed by atoms with E-state index in [0.717, 1.165) is 11.1 Å². The van der Waals surface area contributed by atoms with Gasteiger partial charge in [-0.25, -0.2) is 4.79 Å². The quantitative estimate of drug-likeness (QED) is 0.148. The third-order valence-corrected chi connectivity index (χ3v) is 13.0. The van der Waals surface area contributed by atoms with Crippen LogP contribution in [-0.2, 0) is 28.3 Å². The summed E-state index contributed by atoms with van der Waals surface area (Å²) in [5.74, 6) is -1.26. The summed E-state index contributed by atoms with van der Waals surface area (Å²) in [5, 5.41) is 11.6. The lowest BCUT2D eigenvalue weighted by Gasteiger charge is -2.42. The van der Waals surface area contributed by atoms with Gasteiger partial charge in [0.1, 0.15) is 0 Å². The van der Waals surface area contributed by atoms with E-state index in [2.05, 4.69) is 38.6 Å². The van der Waals surface area contributed by atoms with Crippen LogP contribution in [0.3, 0.4) is 0 Å². The number of rotatable bonds is 12. The van der Waals surface area contributed by atoms with Crippen molar-refractivity contribution in [1.29, 1.82) is 0 Å². The maximum atomic E-state index is 13.2. The number of aliphatic hydroxyl groups excluding tert-OH is 1. The van der Waals surface area contributed by atoms with Gasteiger partial charge in [0.2, 0.25) is 0 Å². The van der Waals surface area contributed by atoms with E-state index in [0.29, 0.717) is 0 Å². The Morgan fingerprint density at radius 1 is 1.05 bits per heavy atom. The first-order chi connectivity index (χ1) is 17.6. The van der Waals surface area contributed by atoms with Crippen molar-refractivity contribution in [2.45, 2.75) is 82.4 Å². The fourth-order valence-corrected chi connectivity index (χ4v) is 6.02. The highest BCUT2D eigenvalue weighted by Gasteiger charge is 2.43. The monoisotopic (exact) mass is 562 g/mol. The minimum atomic E-state index is -4.15. The van der Waals surface area contributed by atoms with Crippen LogP contribution in [0, 0.1) is 12.8 Å². The average Bonchev–Trinajstić information content (AvgIpc) is 2.85. The van der Waals surface area contributed by atoms with E-state index in [1.807, 2.05) is 37.3 Å². The van der Waals surface area contributed by atoms with E-state index in [-0.39, 0.29) is 16.4 Å². The van der Waals surface area contributed by atoms with Crippen molar-refractivity contribution in [3.63, 3.8) is 0 Å². The Labute approximate surface area is 229 Å². The predicted octanol–water partition coefficient (Wildman–Crippen LogP) is 5.95. The maximum absolute atomic E-state index is 13.2. The molecule has 38 heavy (non-hydrogen) atoms. The van der Waals surface area contributed by atoms with Crippen molar-refractivity contribution < 1.29 is 31.7 Å². The molecule has 210 valence electrons. The lowest BCUT2D eigenvalue weighted by atomic mass is 9.89. The molecule has 4 atom stereocenters. The third-order valence-electron chi connectivity index (χ3n) is 7.17. The molecule has 1 N–H and O–H groups in total. The smallest absolute Gasteiger partial charge is 0.330 e. The molecule has 0 aromatic heterocycles. The first-order valence-corrected chi connectivity index (χ1v) is 17.1. The van der Waals surface area contributed by atoms with E-state index in [1.54, 1.807) is 19.1 Å². The summed E-state index contributed by atoms with van der Waals surface area (Å²) in [5.41, 5.74) is 1.71. The second kappa shape index (κ2) is 13.2. The summed E-state index contributed by atoms with van der Waals surface area (Å²) >= 11 is 0. The number of hydrogen-bond donors (Lipinski definition) is 1. The van der Waals surface area contributed by atoms with Gasteiger partial charge in [0.25, 0.3) is 10.1 Å². The summed E-state index contributed by atoms with van der Waals surface area (Å²) in [6.07, 6.45) is -0.0154. The molecule has 0 heterocycles. The van der Waals surface area contributed by atoms with Crippen LogP contribution in [0.25, 0.3) is 0 Å². The topological polar surface area (TPSA) is 99.1 Å². The molecule has 0 aliphatic rings. The number of aryl methyl sites for hydroxylation is 1. The van der Waals surface area contributed by atoms with Crippen LogP contribution < -0.4 is 0 Å². The van der Waals surface area contributed by atoms with Gasteiger partial charge in [0.05, 0.1) is 30.3 Å². The molecule has 0 saturated heterocycles. The average molecular weight is 563 g/mol. The first kappa shape index (κ1) is 31.9. The van der Waals surface area contributed by atoms with Gasteiger partial charge in [-0.05, 0) is 49.2 Å². The Morgan fingerprint density at radius 3 is 2.16 bits per heavy atom. The number of carbonyl (C=O) groups excluding carboxylic acids is 1. The van der Waals surface area contributed by atoms with Gasteiger partial charge in [0.15, 0.2) is 8.32 Å². The van der Waals surface area contributed by atoms with E-state index < -0.39 is 48.6 Å². The van der Waals surface area contributed by atoms with Crippen LogP contribution in [-0.4, -0.2) is 47.1 Å². The molecule has 0 fully saturated rings. The van der Waals surface area contributed by atoms with Crippen LogP contribution in [0.2, 0.25) is 18.1 Å². The van der Waals surface area contributed by atoms with Gasteiger partial charge in [-0.15, -0.1) is 0 Å². The highest BCUT2D eigenvalue weighted by molar-refractivity contribution is 7.86. The van der Waals surface area contributed by atoms with Crippen LogP contribution in [0.4, 0.5) is 0 Å². The number of hydrogen-bond acceptors (Lipinski definition) is 7. The van der Waals surface area contributed by atoms with Gasteiger partial charge in [0, 0.05) is 12.0 Å². The summed E-state index contributed by atoms with van der Waals surface area (Å²) in [4.78, 5) is 11.7. The molecule has 0 aliphatic heterocycles. The molecule has 0 aliphatic carbocycles. The molecular formula is C29H42O7SSi. The third kappa shape index (κ3) is 8.61. The van der Waals surface area contributed by atoms with Crippen LogP contribution >= 0.6 is 0 Å². The normalized spacial score (nSPS) is 16.1. The molecule has 0 amide bonds. The number of methoxy groups -OCH3 is 1. The zero-order valence-electron chi connectivity index (χ0n) is 23.7. The summed E-state index contributed by atoms with van der Waals surface area (Å²) < 4.78 is 43.4. The van der Waals surface area contributed by atoms with Crippen LogP contribution in [0.1, 0.15) is 51.3 Å². The molecule has 0 saturated carbocycles. The van der Waals surface area contributed by atoms with Gasteiger partial charge in [-0.1, -0.05) is 81.8 Å². The van der Waals surface area contributed by atoms with Crippen molar-refractivity contribution >= 4 is 24.4 Å². The molecule has 7 nitrogen and oxygen atoms in total. The Balaban J connectivity index is 2.46. The molecule has 0 bridgehead atoms. The van der Waals surface area contributed by atoms with Crippen LogP contribution in [0.15, 0.2) is 71.6 Å². The number of esters is 1. The first-order valence-electron chi connectivity index (χ1n) is 12.7. The molecule has 2 rings (SSSR count). The molecular weight excluding hydrogens is 520 g/mol. The fraction of sp³-hybridized carbons (Fsp3) is 0.483. The Kier molecular flexibility index (Phi) is 11.1. The van der Waals surface area contributed by atoms with Crippen molar-refractivity contribution in [2.24, 2.45) is 5.92 Å². The Hall–Kier alpha value is -2.30. The summed E-state index contributed by atoms with van der Waals surface area (Å²) in [6, 6.07) is 15.8. The maximum Gasteiger partial charge on any atom is 0.330 e. The molecule has 0 spiro atoms. The molecule has 2 aromatic rings. The largest absolute Gasteiger partial charge is 0.466 e. The second-order valence-corrected chi connectivity index (χ2v) is 17.5. The van der Waals surface area contributed by atoms with Gasteiger partial charge >= 0.3 is 5.97 Å². The Bertz CT molecular complexity index is 1170. The van der Waals surface area contributed by atoms with Gasteiger partial charge in [-0.3, -0.25) is 4.18 Å². The molecule has 0 unspecified atom stereocenters. The minimum absolute atomic E-state index is 0.0175. The summed E-state index contributed by atoms with van der Waals surface area (Å²) in [6.45, 7) is 14.2. The van der Waals surface area contributed by atoms with Crippen molar-refractivity contribution in [2.75, 3.05) is 7.11 Å². The van der Waals surface area contributed by atoms with Crippen LogP contribution in [0.5, 0.6) is 0 Å². The van der Waals surface area contributed by atoms with Crippen molar-refractivity contribution in [1.82, 2.24) is 0 Å². The number of aliphatic hydroxyl groups is 1. The van der Waals surface area contributed by atoms with Gasteiger partial charge in [-0.2, -0.15) is 8.42 Å². The Morgan fingerprint density at radius 2 is 1.63 bits per heavy atom. The van der Waals surface area contributed by atoms with Crippen molar-refractivity contribution in [3.05, 3.63) is 77.9 Å². The zero-order valence-corrected chi connectivity index (χ0v) is 25.5. The number of ether oxygens (including phenoxy) is 1. The lowest BCUT2D eigenvalue weighted by molar-refractivity contribution is -0.134. The molecule has 0 radical (unpaired) electrons. The molecule has 9 heteroatoms. The van der Waals surface area contributed by atoms with E-state index >= 15 is 0 Å². The van der Waals surface area contributed by atoms with E-state index in [1.165, 1.54) is 31.4 Å². The van der Waals surface area contributed by atoms with Gasteiger partial charge < -0.3 is 14.3 Å². The predicted molar refractivity (Wildman–Crippen MR) is 152 cm³/mol. The number of carbonyl (C=O) groups is 1. The standard InChI is InChI=1S/C29H42O7SSi/c1-21-17-19-24(20-18-21)37(32,33)35-25(15-12-16-26(30)34-6)22(2)27(31)28(23-13-10-9-11-14-23)36-38(7,8)29(3,4)5/h9-14,16-20,22,25,27-28,31H,15H2,1-8H3/b16-12+/t22-,25+,27+,28+/m0/s1.